The third kappa shape index (κ3) is 4.13. The van der Waals surface area contributed by atoms with Gasteiger partial charge < -0.3 is 10.2 Å². The van der Waals surface area contributed by atoms with Gasteiger partial charge in [0.15, 0.2) is 5.78 Å². The van der Waals surface area contributed by atoms with Crippen LogP contribution in [0.4, 0.5) is 0 Å². The van der Waals surface area contributed by atoms with Crippen LogP contribution in [0.1, 0.15) is 77.3 Å². The number of pyridine rings is 1. The highest BCUT2D eigenvalue weighted by atomic mass is 16.3. The lowest BCUT2D eigenvalue weighted by Crippen LogP contribution is -2.54. The maximum atomic E-state index is 13.2. The fraction of sp³-hybridized carbons (Fsp3) is 0.419. The molecule has 1 heterocycles. The summed E-state index contributed by atoms with van der Waals surface area (Å²) in [5, 5.41) is 23.0. The van der Waals surface area contributed by atoms with E-state index in [0.29, 0.717) is 19.3 Å². The molecule has 4 nitrogen and oxygen atoms in total. The number of carbonyl (C=O) groups is 1. The minimum atomic E-state index is -1.23. The summed E-state index contributed by atoms with van der Waals surface area (Å²) in [6.07, 6.45) is 6.16. The molecule has 0 amide bonds. The lowest BCUT2D eigenvalue weighted by Gasteiger charge is -2.52. The number of nitrogens with zero attached hydrogens (tertiary/aromatic N) is 1. The third-order valence-electron chi connectivity index (χ3n) is 8.78. The van der Waals surface area contributed by atoms with E-state index in [4.69, 9.17) is 0 Å². The van der Waals surface area contributed by atoms with Crippen molar-refractivity contribution in [3.05, 3.63) is 100 Å². The minimum absolute atomic E-state index is 0.109. The second-order valence-electron chi connectivity index (χ2n) is 10.5. The van der Waals surface area contributed by atoms with Gasteiger partial charge in [-0.05, 0) is 85.8 Å². The van der Waals surface area contributed by atoms with Gasteiger partial charge in [-0.15, -0.1) is 0 Å². The van der Waals surface area contributed by atoms with Crippen LogP contribution in [0.25, 0.3) is 0 Å². The summed E-state index contributed by atoms with van der Waals surface area (Å²) >= 11 is 0. The van der Waals surface area contributed by atoms with Crippen LogP contribution in [0.3, 0.4) is 0 Å². The minimum Gasteiger partial charge on any atom is -0.390 e. The lowest BCUT2D eigenvalue weighted by molar-refractivity contribution is -0.144. The quantitative estimate of drug-likeness (QED) is 0.487. The van der Waals surface area contributed by atoms with Crippen molar-refractivity contribution in [3.63, 3.8) is 0 Å². The van der Waals surface area contributed by atoms with Crippen molar-refractivity contribution >= 4 is 5.78 Å². The molecule has 0 saturated heterocycles. The Bertz CT molecular complexity index is 1220. The third-order valence-corrected chi connectivity index (χ3v) is 8.78. The molecular weight excluding hydrogens is 434 g/mol. The molecule has 2 aliphatic rings. The molecule has 0 radical (unpaired) electrons. The van der Waals surface area contributed by atoms with Crippen LogP contribution in [-0.4, -0.2) is 27.1 Å². The largest absolute Gasteiger partial charge is 0.390 e. The number of fused-ring (bicyclic) bond motifs is 3. The Kier molecular flexibility index (Phi) is 6.37. The zero-order valence-electron chi connectivity index (χ0n) is 20.7. The van der Waals surface area contributed by atoms with E-state index >= 15 is 0 Å². The average molecular weight is 470 g/mol. The maximum Gasteiger partial charge on any atom is 0.167 e. The molecule has 182 valence electrons. The Hall–Kier alpha value is -2.82. The summed E-state index contributed by atoms with van der Waals surface area (Å²) in [7, 11) is 0. The summed E-state index contributed by atoms with van der Waals surface area (Å²) in [5.41, 5.74) is 4.45. The van der Waals surface area contributed by atoms with E-state index in [9.17, 15) is 15.0 Å². The van der Waals surface area contributed by atoms with E-state index in [1.807, 2.05) is 55.5 Å². The van der Waals surface area contributed by atoms with E-state index in [-0.39, 0.29) is 17.1 Å². The van der Waals surface area contributed by atoms with Gasteiger partial charge in [-0.1, -0.05) is 55.5 Å². The number of benzene rings is 2. The van der Waals surface area contributed by atoms with Crippen molar-refractivity contribution in [1.82, 2.24) is 4.98 Å². The van der Waals surface area contributed by atoms with Gasteiger partial charge in [-0.25, -0.2) is 0 Å². The molecule has 0 bridgehead atoms. The van der Waals surface area contributed by atoms with Crippen LogP contribution >= 0.6 is 0 Å². The highest BCUT2D eigenvalue weighted by molar-refractivity contribution is 5.97. The SMILES string of the molecule is CC[C@@]12C[C@@H](O)[C@](O)(c3ccccc3)C[C@@H]1CCCc1cc(C(=O)Cc3cccnc3C)ccc12. The number of aromatic nitrogens is 1. The number of aryl methyl sites for hydroxylation is 2. The van der Waals surface area contributed by atoms with Gasteiger partial charge in [-0.2, -0.15) is 0 Å². The molecule has 4 atom stereocenters. The van der Waals surface area contributed by atoms with Gasteiger partial charge in [0.2, 0.25) is 0 Å². The standard InChI is InChI=1S/C31H35NO3/c1-3-30-20-29(34)31(35,25-11-5-4-6-12-25)19-26(30)13-7-9-23-17-24(14-15-27(23)30)28(33)18-22-10-8-16-32-21(22)2/h4-6,8,10-12,14-17,26,29,34-35H,3,7,9,13,18-20H2,1-2H3/t26-,29+,30+,31+/m0/s1. The number of rotatable bonds is 5. The van der Waals surface area contributed by atoms with E-state index in [1.54, 1.807) is 6.20 Å². The van der Waals surface area contributed by atoms with Crippen LogP contribution in [0.2, 0.25) is 0 Å². The molecule has 4 heteroatoms. The van der Waals surface area contributed by atoms with Crippen molar-refractivity contribution in [2.24, 2.45) is 5.92 Å². The highest BCUT2D eigenvalue weighted by Gasteiger charge is 2.54. The summed E-state index contributed by atoms with van der Waals surface area (Å²) in [6.45, 7) is 4.14. The molecule has 2 aromatic carbocycles. The number of ketones is 1. The molecular formula is C31H35NO3. The summed E-state index contributed by atoms with van der Waals surface area (Å²) in [4.78, 5) is 17.5. The van der Waals surface area contributed by atoms with Crippen molar-refractivity contribution in [3.8, 4) is 0 Å². The van der Waals surface area contributed by atoms with Crippen molar-refractivity contribution in [2.45, 2.75) is 75.9 Å². The monoisotopic (exact) mass is 469 g/mol. The van der Waals surface area contributed by atoms with Crippen LogP contribution in [0.15, 0.2) is 66.9 Å². The number of aliphatic hydroxyl groups excluding tert-OH is 1. The molecule has 1 aromatic heterocycles. The number of hydrogen-bond acceptors (Lipinski definition) is 4. The molecule has 3 aromatic rings. The van der Waals surface area contributed by atoms with Crippen molar-refractivity contribution < 1.29 is 15.0 Å². The van der Waals surface area contributed by atoms with Gasteiger partial charge in [0.05, 0.1) is 6.10 Å². The van der Waals surface area contributed by atoms with Gasteiger partial charge in [-0.3, -0.25) is 9.78 Å². The zero-order chi connectivity index (χ0) is 24.6. The van der Waals surface area contributed by atoms with Crippen LogP contribution < -0.4 is 0 Å². The summed E-state index contributed by atoms with van der Waals surface area (Å²) in [6, 6.07) is 19.7. The molecule has 1 saturated carbocycles. The second-order valence-corrected chi connectivity index (χ2v) is 10.5. The summed E-state index contributed by atoms with van der Waals surface area (Å²) in [5.74, 6) is 0.374. The number of hydrogen-bond donors (Lipinski definition) is 2. The Labute approximate surface area is 208 Å². The first-order valence-corrected chi connectivity index (χ1v) is 12.9. The molecule has 2 aliphatic carbocycles. The first-order chi connectivity index (χ1) is 16.9. The maximum absolute atomic E-state index is 13.2. The molecule has 0 unspecified atom stereocenters. The van der Waals surface area contributed by atoms with Crippen LogP contribution in [-0.2, 0) is 23.9 Å². The predicted molar refractivity (Wildman–Crippen MR) is 137 cm³/mol. The average Bonchev–Trinajstić information content (AvgIpc) is 3.02. The first kappa shape index (κ1) is 23.9. The fourth-order valence-electron chi connectivity index (χ4n) is 6.73. The molecule has 0 aliphatic heterocycles. The molecule has 35 heavy (non-hydrogen) atoms. The van der Waals surface area contributed by atoms with Crippen molar-refractivity contribution in [2.75, 3.05) is 0 Å². The van der Waals surface area contributed by atoms with E-state index in [1.165, 1.54) is 11.1 Å². The number of carbonyl (C=O) groups excluding carboxylic acids is 1. The Morgan fingerprint density at radius 1 is 1.09 bits per heavy atom. The highest BCUT2D eigenvalue weighted by Crippen LogP contribution is 2.56. The molecule has 5 rings (SSSR count). The molecule has 0 spiro atoms. The number of Topliss-reactive ketones (excluding diaryl/α,β-unsaturated/α-hetero) is 1. The van der Waals surface area contributed by atoms with Gasteiger partial charge in [0.1, 0.15) is 5.60 Å². The normalized spacial score (nSPS) is 28.0. The summed E-state index contributed by atoms with van der Waals surface area (Å²) < 4.78 is 0. The Balaban J connectivity index is 1.48. The zero-order valence-corrected chi connectivity index (χ0v) is 20.7. The van der Waals surface area contributed by atoms with E-state index in [2.05, 4.69) is 24.0 Å². The molecule has 1 fully saturated rings. The van der Waals surface area contributed by atoms with Gasteiger partial charge in [0.25, 0.3) is 0 Å². The topological polar surface area (TPSA) is 70.4 Å². The fourth-order valence-corrected chi connectivity index (χ4v) is 6.73. The van der Waals surface area contributed by atoms with Crippen molar-refractivity contribution in [1.29, 1.82) is 0 Å². The first-order valence-electron chi connectivity index (χ1n) is 12.9. The second kappa shape index (κ2) is 9.33. The Morgan fingerprint density at radius 3 is 2.63 bits per heavy atom. The van der Waals surface area contributed by atoms with E-state index < -0.39 is 11.7 Å². The van der Waals surface area contributed by atoms with Crippen LogP contribution in [0.5, 0.6) is 0 Å². The van der Waals surface area contributed by atoms with Gasteiger partial charge in [0, 0.05) is 29.3 Å². The van der Waals surface area contributed by atoms with E-state index in [0.717, 1.165) is 48.1 Å². The van der Waals surface area contributed by atoms with Crippen LogP contribution in [0, 0.1) is 12.8 Å². The van der Waals surface area contributed by atoms with Gasteiger partial charge >= 0.3 is 0 Å². The smallest absolute Gasteiger partial charge is 0.167 e. The lowest BCUT2D eigenvalue weighted by atomic mass is 9.55. The molecule has 2 N–H and O–H groups in total. The number of aliphatic hydroxyl groups is 2. The predicted octanol–water partition coefficient (Wildman–Crippen LogP) is 5.46. The Morgan fingerprint density at radius 2 is 1.89 bits per heavy atom.